The molecule has 130 valence electrons. The molecule has 2 aromatic rings. The van der Waals surface area contributed by atoms with Crippen molar-refractivity contribution in [3.8, 4) is 0 Å². The molecular weight excluding hydrogens is 322 g/mol. The van der Waals surface area contributed by atoms with E-state index in [9.17, 15) is 9.59 Å². The first kappa shape index (κ1) is 16.8. The maximum atomic E-state index is 12.3. The zero-order valence-electron chi connectivity index (χ0n) is 13.6. The van der Waals surface area contributed by atoms with Gasteiger partial charge in [0.1, 0.15) is 6.26 Å². The molecule has 1 saturated heterocycles. The zero-order chi connectivity index (χ0) is 17.6. The first-order valence-corrected chi connectivity index (χ1v) is 7.96. The molecule has 2 amide bonds. The number of benzene rings is 1. The maximum absolute atomic E-state index is 12.3. The van der Waals surface area contributed by atoms with Gasteiger partial charge in [0.2, 0.25) is 0 Å². The minimum Gasteiger partial charge on any atom is -0.472 e. The molecule has 7 nitrogen and oxygen atoms in total. The number of rotatable bonds is 4. The van der Waals surface area contributed by atoms with Gasteiger partial charge in [-0.25, -0.2) is 5.48 Å². The minimum atomic E-state index is -0.578. The molecule has 0 bridgehead atoms. The van der Waals surface area contributed by atoms with Crippen molar-refractivity contribution in [2.24, 2.45) is 0 Å². The summed E-state index contributed by atoms with van der Waals surface area (Å²) in [5, 5.41) is 8.58. The second-order valence-electron chi connectivity index (χ2n) is 5.66. The second kappa shape index (κ2) is 7.67. The van der Waals surface area contributed by atoms with Crippen LogP contribution < -0.4 is 10.4 Å². The maximum Gasteiger partial charge on any atom is 0.267 e. The molecule has 0 saturated carbocycles. The number of anilines is 1. The molecule has 1 aliphatic rings. The summed E-state index contributed by atoms with van der Waals surface area (Å²) in [7, 11) is 0. The van der Waals surface area contributed by atoms with Gasteiger partial charge in [0, 0.05) is 37.9 Å². The number of hydroxylamine groups is 1. The van der Waals surface area contributed by atoms with Gasteiger partial charge in [0.25, 0.3) is 11.8 Å². The van der Waals surface area contributed by atoms with Gasteiger partial charge in [-0.3, -0.25) is 14.8 Å². The summed E-state index contributed by atoms with van der Waals surface area (Å²) < 4.78 is 4.97. The Morgan fingerprint density at radius 2 is 1.88 bits per heavy atom. The fourth-order valence-corrected chi connectivity index (χ4v) is 2.84. The molecule has 2 heterocycles. The lowest BCUT2D eigenvalue weighted by Gasteiger charge is -2.36. The molecular formula is C18H19N3O4. The molecule has 2 N–H and O–H groups in total. The Labute approximate surface area is 145 Å². The van der Waals surface area contributed by atoms with Gasteiger partial charge >= 0.3 is 0 Å². The summed E-state index contributed by atoms with van der Waals surface area (Å²) in [6, 6.07) is 9.37. The Morgan fingerprint density at radius 1 is 1.12 bits per heavy atom. The number of carbonyl (C=O) groups is 2. The largest absolute Gasteiger partial charge is 0.472 e. The summed E-state index contributed by atoms with van der Waals surface area (Å²) >= 11 is 0. The highest BCUT2D eigenvalue weighted by Gasteiger charge is 2.23. The number of piperazine rings is 1. The average Bonchev–Trinajstić information content (AvgIpc) is 3.20. The van der Waals surface area contributed by atoms with Crippen molar-refractivity contribution in [1.82, 2.24) is 10.4 Å². The van der Waals surface area contributed by atoms with E-state index in [0.29, 0.717) is 31.7 Å². The third-order valence-corrected chi connectivity index (χ3v) is 4.14. The van der Waals surface area contributed by atoms with Crippen LogP contribution in [-0.4, -0.2) is 48.1 Å². The zero-order valence-corrected chi connectivity index (χ0v) is 13.6. The van der Waals surface area contributed by atoms with Gasteiger partial charge in [-0.2, -0.15) is 0 Å². The smallest absolute Gasteiger partial charge is 0.267 e. The number of nitrogens with zero attached hydrogens (tertiary/aromatic N) is 2. The Kier molecular flexibility index (Phi) is 5.15. The number of amides is 2. The highest BCUT2D eigenvalue weighted by Crippen LogP contribution is 2.23. The van der Waals surface area contributed by atoms with Crippen molar-refractivity contribution in [2.45, 2.75) is 0 Å². The normalized spacial score (nSPS) is 14.8. The quantitative estimate of drug-likeness (QED) is 0.503. The topological polar surface area (TPSA) is 86.0 Å². The van der Waals surface area contributed by atoms with Crippen molar-refractivity contribution in [3.05, 3.63) is 60.1 Å². The van der Waals surface area contributed by atoms with Gasteiger partial charge < -0.3 is 14.2 Å². The molecule has 0 spiro atoms. The number of hydrogen-bond acceptors (Lipinski definition) is 5. The molecule has 0 unspecified atom stereocenters. The molecule has 0 atom stereocenters. The van der Waals surface area contributed by atoms with Crippen LogP contribution in [0.3, 0.4) is 0 Å². The first-order valence-electron chi connectivity index (χ1n) is 7.96. The lowest BCUT2D eigenvalue weighted by molar-refractivity contribution is -0.124. The van der Waals surface area contributed by atoms with Crippen molar-refractivity contribution < 1.29 is 19.2 Å². The van der Waals surface area contributed by atoms with Crippen LogP contribution in [0.4, 0.5) is 5.69 Å². The summed E-state index contributed by atoms with van der Waals surface area (Å²) in [6.45, 7) is 2.61. The van der Waals surface area contributed by atoms with Crippen molar-refractivity contribution >= 4 is 23.6 Å². The monoisotopic (exact) mass is 341 g/mol. The Hall–Kier alpha value is -3.06. The van der Waals surface area contributed by atoms with Crippen LogP contribution in [0.2, 0.25) is 0 Å². The third kappa shape index (κ3) is 3.89. The van der Waals surface area contributed by atoms with Crippen LogP contribution in [0, 0.1) is 0 Å². The number of nitrogens with one attached hydrogen (secondary N) is 1. The molecule has 0 aliphatic carbocycles. The van der Waals surface area contributed by atoms with E-state index < -0.39 is 5.91 Å². The lowest BCUT2D eigenvalue weighted by atomic mass is 10.1. The van der Waals surface area contributed by atoms with Crippen LogP contribution >= 0.6 is 0 Å². The van der Waals surface area contributed by atoms with E-state index in [1.807, 2.05) is 24.3 Å². The van der Waals surface area contributed by atoms with Gasteiger partial charge in [-0.15, -0.1) is 0 Å². The number of carbonyl (C=O) groups excluding carboxylic acids is 2. The molecule has 0 radical (unpaired) electrons. The van der Waals surface area contributed by atoms with Gasteiger partial charge in [-0.05, 0) is 23.8 Å². The highest BCUT2D eigenvalue weighted by atomic mass is 16.5. The lowest BCUT2D eigenvalue weighted by Crippen LogP contribution is -2.48. The second-order valence-corrected chi connectivity index (χ2v) is 5.66. The van der Waals surface area contributed by atoms with Crippen molar-refractivity contribution in [3.63, 3.8) is 0 Å². The summed E-state index contributed by atoms with van der Waals surface area (Å²) in [5.74, 6) is -0.605. The number of furan rings is 1. The van der Waals surface area contributed by atoms with Crippen LogP contribution in [0.15, 0.2) is 53.4 Å². The van der Waals surface area contributed by atoms with Crippen LogP contribution in [0.1, 0.15) is 15.9 Å². The van der Waals surface area contributed by atoms with Crippen LogP contribution in [0.5, 0.6) is 0 Å². The molecule has 1 aliphatic heterocycles. The minimum absolute atomic E-state index is 0.0267. The third-order valence-electron chi connectivity index (χ3n) is 4.14. The van der Waals surface area contributed by atoms with Gasteiger partial charge in [0.05, 0.1) is 11.8 Å². The van der Waals surface area contributed by atoms with Crippen molar-refractivity contribution in [2.75, 3.05) is 31.1 Å². The van der Waals surface area contributed by atoms with Crippen LogP contribution in [-0.2, 0) is 4.79 Å². The fraction of sp³-hybridized carbons (Fsp3) is 0.222. The predicted molar refractivity (Wildman–Crippen MR) is 92.2 cm³/mol. The Balaban J connectivity index is 1.68. The van der Waals surface area contributed by atoms with E-state index in [1.165, 1.54) is 18.6 Å². The standard InChI is InChI=1S/C18H19N3O4/c22-17(19-24)6-5-14-3-1-2-4-16(14)20-8-10-21(11-9-20)18(23)15-7-12-25-13-15/h1-7,12-13,24H,8-11H2,(H,19,22)/b6-5+. The fourth-order valence-electron chi connectivity index (χ4n) is 2.84. The SMILES string of the molecule is O=C(/C=C/c1ccccc1N1CCN(C(=O)c2ccoc2)CC1)NO. The van der Waals surface area contributed by atoms with Gasteiger partial charge in [-0.1, -0.05) is 18.2 Å². The summed E-state index contributed by atoms with van der Waals surface area (Å²) in [4.78, 5) is 27.5. The average molecular weight is 341 g/mol. The van der Waals surface area contributed by atoms with E-state index in [1.54, 1.807) is 22.5 Å². The molecule has 25 heavy (non-hydrogen) atoms. The van der Waals surface area contributed by atoms with E-state index in [0.717, 1.165) is 11.3 Å². The van der Waals surface area contributed by atoms with E-state index >= 15 is 0 Å². The van der Waals surface area contributed by atoms with Gasteiger partial charge in [0.15, 0.2) is 0 Å². The molecule has 7 heteroatoms. The summed E-state index contributed by atoms with van der Waals surface area (Å²) in [5.41, 5.74) is 4.00. The van der Waals surface area contributed by atoms with E-state index in [2.05, 4.69) is 4.90 Å². The first-order chi connectivity index (χ1) is 12.2. The Bertz CT molecular complexity index is 762. The highest BCUT2D eigenvalue weighted by molar-refractivity contribution is 5.94. The van der Waals surface area contributed by atoms with E-state index in [-0.39, 0.29) is 5.91 Å². The predicted octanol–water partition coefficient (Wildman–Crippen LogP) is 1.76. The van der Waals surface area contributed by atoms with E-state index in [4.69, 9.17) is 9.62 Å². The van der Waals surface area contributed by atoms with Crippen molar-refractivity contribution in [1.29, 1.82) is 0 Å². The Morgan fingerprint density at radius 3 is 2.56 bits per heavy atom. The number of para-hydroxylation sites is 1. The summed E-state index contributed by atoms with van der Waals surface area (Å²) in [6.07, 6.45) is 5.89. The molecule has 1 aromatic heterocycles. The molecule has 1 aromatic carbocycles. The molecule has 1 fully saturated rings. The van der Waals surface area contributed by atoms with Crippen LogP contribution in [0.25, 0.3) is 6.08 Å². The number of hydrogen-bond donors (Lipinski definition) is 2. The molecule has 3 rings (SSSR count).